The van der Waals surface area contributed by atoms with Crippen LogP contribution in [0, 0.1) is 19.8 Å². The fraction of sp³-hybridized carbons (Fsp3) is 0.636. The molecule has 2 atom stereocenters. The average Bonchev–Trinajstić information content (AvgIpc) is 2.52. The molecule has 2 N–H and O–H groups in total. The molecule has 0 saturated carbocycles. The second-order valence-electron chi connectivity index (χ2n) is 4.45. The molecule has 1 fully saturated rings. The van der Waals surface area contributed by atoms with E-state index in [1.807, 2.05) is 20.0 Å². The average molecular weight is 206 g/mol. The van der Waals surface area contributed by atoms with E-state index in [-0.39, 0.29) is 6.04 Å². The lowest BCUT2D eigenvalue weighted by Crippen LogP contribution is -2.28. The Bertz CT molecular complexity index is 354. The Labute approximate surface area is 90.5 Å². The third-order valence-corrected chi connectivity index (χ3v) is 3.17. The lowest BCUT2D eigenvalue weighted by molar-refractivity contribution is 0.566. The minimum Gasteiger partial charge on any atom is -0.353 e. The summed E-state index contributed by atoms with van der Waals surface area (Å²) in [5.74, 6) is 1.49. The lowest BCUT2D eigenvalue weighted by atomic mass is 10.1. The van der Waals surface area contributed by atoms with Gasteiger partial charge in [-0.2, -0.15) is 0 Å². The van der Waals surface area contributed by atoms with Crippen LogP contribution in [-0.4, -0.2) is 29.1 Å². The lowest BCUT2D eigenvalue weighted by Gasteiger charge is -2.17. The van der Waals surface area contributed by atoms with E-state index >= 15 is 0 Å². The van der Waals surface area contributed by atoms with Crippen molar-refractivity contribution in [1.82, 2.24) is 9.97 Å². The number of nitrogens with two attached hydrogens (primary N) is 1. The summed E-state index contributed by atoms with van der Waals surface area (Å²) in [6, 6.07) is 0.258. The number of hydrogen-bond acceptors (Lipinski definition) is 4. The van der Waals surface area contributed by atoms with Crippen molar-refractivity contribution in [3.8, 4) is 0 Å². The molecule has 0 aromatic carbocycles. The molecule has 0 amide bonds. The number of nitrogens with zero attached hydrogens (tertiary/aromatic N) is 3. The van der Waals surface area contributed by atoms with Gasteiger partial charge in [0.05, 0.1) is 17.6 Å². The first-order chi connectivity index (χ1) is 7.08. The minimum absolute atomic E-state index is 0.258. The van der Waals surface area contributed by atoms with Gasteiger partial charge in [-0.05, 0) is 19.8 Å². The van der Waals surface area contributed by atoms with E-state index in [4.69, 9.17) is 5.73 Å². The van der Waals surface area contributed by atoms with Gasteiger partial charge in [-0.25, -0.2) is 4.98 Å². The Morgan fingerprint density at radius 1 is 1.33 bits per heavy atom. The van der Waals surface area contributed by atoms with Crippen molar-refractivity contribution in [3.05, 3.63) is 17.6 Å². The van der Waals surface area contributed by atoms with Crippen LogP contribution in [0.1, 0.15) is 18.3 Å². The van der Waals surface area contributed by atoms with Gasteiger partial charge in [0.1, 0.15) is 5.82 Å². The molecule has 1 aliphatic heterocycles. The summed E-state index contributed by atoms with van der Waals surface area (Å²) in [6.07, 6.45) is 1.84. The van der Waals surface area contributed by atoms with Gasteiger partial charge in [-0.15, -0.1) is 0 Å². The van der Waals surface area contributed by atoms with E-state index in [2.05, 4.69) is 21.8 Å². The molecule has 2 rings (SSSR count). The number of hydrogen-bond donors (Lipinski definition) is 1. The normalized spacial score (nSPS) is 26.0. The SMILES string of the molecule is Cc1ncc(N2CC(C)C(N)C2)nc1C. The van der Waals surface area contributed by atoms with E-state index < -0.39 is 0 Å². The predicted molar refractivity (Wildman–Crippen MR) is 60.9 cm³/mol. The largest absolute Gasteiger partial charge is 0.353 e. The molecule has 82 valence electrons. The standard InChI is InChI=1S/C11H18N4/c1-7-5-15(6-10(7)12)11-4-13-8(2)9(3)14-11/h4,7,10H,5-6,12H2,1-3H3. The summed E-state index contributed by atoms with van der Waals surface area (Å²) in [6.45, 7) is 8.02. The molecule has 0 bridgehead atoms. The van der Waals surface area contributed by atoms with Crippen LogP contribution in [0.2, 0.25) is 0 Å². The highest BCUT2D eigenvalue weighted by Crippen LogP contribution is 2.21. The van der Waals surface area contributed by atoms with Crippen LogP contribution in [0.4, 0.5) is 5.82 Å². The second kappa shape index (κ2) is 3.77. The quantitative estimate of drug-likeness (QED) is 0.741. The molecule has 0 radical (unpaired) electrons. The maximum Gasteiger partial charge on any atom is 0.147 e. The molecule has 1 saturated heterocycles. The Kier molecular flexibility index (Phi) is 2.61. The van der Waals surface area contributed by atoms with Gasteiger partial charge in [0.25, 0.3) is 0 Å². The zero-order valence-electron chi connectivity index (χ0n) is 9.57. The van der Waals surface area contributed by atoms with E-state index in [0.29, 0.717) is 5.92 Å². The van der Waals surface area contributed by atoms with Crippen LogP contribution in [-0.2, 0) is 0 Å². The van der Waals surface area contributed by atoms with Gasteiger partial charge in [-0.3, -0.25) is 4.98 Å². The van der Waals surface area contributed by atoms with Gasteiger partial charge < -0.3 is 10.6 Å². The molecule has 2 heterocycles. The summed E-state index contributed by atoms with van der Waals surface area (Å²) >= 11 is 0. The highest BCUT2D eigenvalue weighted by molar-refractivity contribution is 5.39. The van der Waals surface area contributed by atoms with E-state index in [1.54, 1.807) is 0 Å². The summed E-state index contributed by atoms with van der Waals surface area (Å²) in [4.78, 5) is 11.1. The summed E-state index contributed by atoms with van der Waals surface area (Å²) in [5.41, 5.74) is 7.98. The van der Waals surface area contributed by atoms with Crippen LogP contribution < -0.4 is 10.6 Å². The molecule has 0 aliphatic carbocycles. The Morgan fingerprint density at radius 3 is 2.60 bits per heavy atom. The van der Waals surface area contributed by atoms with Gasteiger partial charge in [0.2, 0.25) is 0 Å². The van der Waals surface area contributed by atoms with Gasteiger partial charge in [0, 0.05) is 19.1 Å². The van der Waals surface area contributed by atoms with Crippen molar-refractivity contribution in [2.75, 3.05) is 18.0 Å². The minimum atomic E-state index is 0.258. The molecule has 2 unspecified atom stereocenters. The van der Waals surface area contributed by atoms with Crippen molar-refractivity contribution in [3.63, 3.8) is 0 Å². The van der Waals surface area contributed by atoms with Crippen molar-refractivity contribution < 1.29 is 0 Å². The zero-order chi connectivity index (χ0) is 11.0. The van der Waals surface area contributed by atoms with Gasteiger partial charge >= 0.3 is 0 Å². The fourth-order valence-corrected chi connectivity index (χ4v) is 1.86. The van der Waals surface area contributed by atoms with Crippen LogP contribution >= 0.6 is 0 Å². The van der Waals surface area contributed by atoms with Crippen LogP contribution in [0.3, 0.4) is 0 Å². The molecule has 1 aliphatic rings. The second-order valence-corrected chi connectivity index (χ2v) is 4.45. The summed E-state index contributed by atoms with van der Waals surface area (Å²) in [5, 5.41) is 0. The fourth-order valence-electron chi connectivity index (χ4n) is 1.86. The first-order valence-electron chi connectivity index (χ1n) is 5.38. The van der Waals surface area contributed by atoms with Crippen LogP contribution in [0.5, 0.6) is 0 Å². The number of aromatic nitrogens is 2. The highest BCUT2D eigenvalue weighted by atomic mass is 15.2. The topological polar surface area (TPSA) is 55.0 Å². The Balaban J connectivity index is 2.20. The van der Waals surface area contributed by atoms with Crippen LogP contribution in [0.15, 0.2) is 6.20 Å². The maximum absolute atomic E-state index is 5.98. The van der Waals surface area contributed by atoms with Crippen molar-refractivity contribution in [2.45, 2.75) is 26.8 Å². The molecular formula is C11H18N4. The zero-order valence-corrected chi connectivity index (χ0v) is 9.57. The third-order valence-electron chi connectivity index (χ3n) is 3.17. The van der Waals surface area contributed by atoms with Crippen molar-refractivity contribution in [1.29, 1.82) is 0 Å². The summed E-state index contributed by atoms with van der Waals surface area (Å²) < 4.78 is 0. The predicted octanol–water partition coefficient (Wildman–Crippen LogP) is 0.877. The van der Waals surface area contributed by atoms with E-state index in [9.17, 15) is 0 Å². The smallest absolute Gasteiger partial charge is 0.147 e. The number of rotatable bonds is 1. The maximum atomic E-state index is 5.98. The molecule has 15 heavy (non-hydrogen) atoms. The van der Waals surface area contributed by atoms with Crippen molar-refractivity contribution >= 4 is 5.82 Å². The number of anilines is 1. The summed E-state index contributed by atoms with van der Waals surface area (Å²) in [7, 11) is 0. The third kappa shape index (κ3) is 1.95. The monoisotopic (exact) mass is 206 g/mol. The molecule has 1 aromatic rings. The molecule has 1 aromatic heterocycles. The highest BCUT2D eigenvalue weighted by Gasteiger charge is 2.27. The number of aryl methyl sites for hydroxylation is 2. The van der Waals surface area contributed by atoms with E-state index in [1.165, 1.54) is 0 Å². The Hall–Kier alpha value is -1.16. The Morgan fingerprint density at radius 2 is 2.07 bits per heavy atom. The van der Waals surface area contributed by atoms with Gasteiger partial charge in [-0.1, -0.05) is 6.92 Å². The van der Waals surface area contributed by atoms with Crippen molar-refractivity contribution in [2.24, 2.45) is 11.7 Å². The molecule has 0 spiro atoms. The van der Waals surface area contributed by atoms with Crippen LogP contribution in [0.25, 0.3) is 0 Å². The first kappa shape index (κ1) is 10.4. The first-order valence-corrected chi connectivity index (χ1v) is 5.38. The molecule has 4 heteroatoms. The van der Waals surface area contributed by atoms with E-state index in [0.717, 1.165) is 30.3 Å². The molecule has 4 nitrogen and oxygen atoms in total. The van der Waals surface area contributed by atoms with Gasteiger partial charge in [0.15, 0.2) is 0 Å². The molecular weight excluding hydrogens is 188 g/mol.